The smallest absolute Gasteiger partial charge is 0.108 e. The van der Waals surface area contributed by atoms with Crippen LogP contribution in [0.2, 0.25) is 0 Å². The van der Waals surface area contributed by atoms with E-state index in [0.29, 0.717) is 17.8 Å². The highest BCUT2D eigenvalue weighted by Gasteiger charge is 2.25. The standard InChI is InChI=1S/C13H29N3/c1-6-11(7-2)16(9-10(4)5)12(8-3)13(14)15/h10-12H,6-9H2,1-5H3,(H3,14,15). The maximum atomic E-state index is 7.71. The fourth-order valence-electron chi connectivity index (χ4n) is 2.34. The Morgan fingerprint density at radius 1 is 1.12 bits per heavy atom. The van der Waals surface area contributed by atoms with E-state index in [-0.39, 0.29) is 6.04 Å². The second kappa shape index (κ2) is 7.66. The van der Waals surface area contributed by atoms with E-state index in [4.69, 9.17) is 11.1 Å². The van der Waals surface area contributed by atoms with E-state index in [1.165, 1.54) is 0 Å². The van der Waals surface area contributed by atoms with Crippen molar-refractivity contribution in [2.45, 2.75) is 66.0 Å². The molecule has 1 atom stereocenters. The molecule has 0 aliphatic rings. The molecule has 0 heterocycles. The molecule has 0 aromatic carbocycles. The maximum absolute atomic E-state index is 7.71. The summed E-state index contributed by atoms with van der Waals surface area (Å²) in [5.74, 6) is 0.934. The summed E-state index contributed by atoms with van der Waals surface area (Å²) in [6, 6.07) is 0.670. The molecule has 3 nitrogen and oxygen atoms in total. The topological polar surface area (TPSA) is 53.1 Å². The molecule has 0 bridgehead atoms. The Hall–Kier alpha value is -0.570. The van der Waals surface area contributed by atoms with Gasteiger partial charge in [0.25, 0.3) is 0 Å². The van der Waals surface area contributed by atoms with Crippen molar-refractivity contribution in [3.63, 3.8) is 0 Å². The molecular weight excluding hydrogens is 198 g/mol. The molecule has 0 saturated heterocycles. The number of amidine groups is 1. The van der Waals surface area contributed by atoms with Gasteiger partial charge in [-0.3, -0.25) is 10.3 Å². The van der Waals surface area contributed by atoms with Gasteiger partial charge in [0.05, 0.1) is 6.04 Å². The van der Waals surface area contributed by atoms with Crippen molar-refractivity contribution in [3.8, 4) is 0 Å². The van der Waals surface area contributed by atoms with Crippen LogP contribution in [0.3, 0.4) is 0 Å². The van der Waals surface area contributed by atoms with E-state index in [2.05, 4.69) is 39.5 Å². The number of nitrogens with two attached hydrogens (primary N) is 1. The van der Waals surface area contributed by atoms with E-state index in [1.54, 1.807) is 0 Å². The zero-order valence-electron chi connectivity index (χ0n) is 11.6. The van der Waals surface area contributed by atoms with Crippen LogP contribution in [-0.2, 0) is 0 Å². The fraction of sp³-hybridized carbons (Fsp3) is 0.923. The predicted molar refractivity (Wildman–Crippen MR) is 71.9 cm³/mol. The van der Waals surface area contributed by atoms with Gasteiger partial charge in [-0.15, -0.1) is 0 Å². The van der Waals surface area contributed by atoms with Crippen LogP contribution in [0.25, 0.3) is 0 Å². The summed E-state index contributed by atoms with van der Waals surface area (Å²) in [6.45, 7) is 12.0. The summed E-state index contributed by atoms with van der Waals surface area (Å²) in [7, 11) is 0. The molecule has 16 heavy (non-hydrogen) atoms. The summed E-state index contributed by atoms with van der Waals surface area (Å²) < 4.78 is 0. The van der Waals surface area contributed by atoms with Gasteiger partial charge in [-0.1, -0.05) is 34.6 Å². The zero-order chi connectivity index (χ0) is 12.7. The average Bonchev–Trinajstić information content (AvgIpc) is 2.18. The molecule has 0 aromatic heterocycles. The minimum Gasteiger partial charge on any atom is -0.386 e. The average molecular weight is 227 g/mol. The van der Waals surface area contributed by atoms with Gasteiger partial charge < -0.3 is 5.73 Å². The summed E-state index contributed by atoms with van der Waals surface area (Å²) in [5.41, 5.74) is 5.71. The molecule has 0 aliphatic heterocycles. The Kier molecular flexibility index (Phi) is 7.39. The van der Waals surface area contributed by atoms with Gasteiger partial charge in [-0.05, 0) is 25.2 Å². The predicted octanol–water partition coefficient (Wildman–Crippen LogP) is 2.85. The van der Waals surface area contributed by atoms with Crippen LogP contribution in [0.5, 0.6) is 0 Å². The maximum Gasteiger partial charge on any atom is 0.108 e. The van der Waals surface area contributed by atoms with E-state index in [9.17, 15) is 0 Å². The van der Waals surface area contributed by atoms with Crippen molar-refractivity contribution < 1.29 is 0 Å². The van der Waals surface area contributed by atoms with Gasteiger partial charge in [0.2, 0.25) is 0 Å². The van der Waals surface area contributed by atoms with E-state index < -0.39 is 0 Å². The van der Waals surface area contributed by atoms with Crippen molar-refractivity contribution in [3.05, 3.63) is 0 Å². The van der Waals surface area contributed by atoms with Gasteiger partial charge in [0.15, 0.2) is 0 Å². The van der Waals surface area contributed by atoms with Gasteiger partial charge >= 0.3 is 0 Å². The normalized spacial score (nSPS) is 13.8. The van der Waals surface area contributed by atoms with Crippen molar-refractivity contribution >= 4 is 5.84 Å². The van der Waals surface area contributed by atoms with Gasteiger partial charge in [0, 0.05) is 12.6 Å². The van der Waals surface area contributed by atoms with Crippen molar-refractivity contribution in [2.75, 3.05) is 6.54 Å². The molecule has 0 aromatic rings. The van der Waals surface area contributed by atoms with Crippen LogP contribution in [-0.4, -0.2) is 29.4 Å². The third-order valence-corrected chi connectivity index (χ3v) is 3.13. The van der Waals surface area contributed by atoms with Gasteiger partial charge in [0.1, 0.15) is 5.84 Å². The molecule has 3 heteroatoms. The lowest BCUT2D eigenvalue weighted by atomic mass is 10.0. The summed E-state index contributed by atoms with van der Waals surface area (Å²) >= 11 is 0. The van der Waals surface area contributed by atoms with Gasteiger partial charge in [-0.2, -0.15) is 0 Å². The molecule has 1 unspecified atom stereocenters. The first kappa shape index (κ1) is 15.4. The van der Waals surface area contributed by atoms with E-state index in [1.807, 2.05) is 0 Å². The Morgan fingerprint density at radius 3 is 1.88 bits per heavy atom. The molecule has 0 fully saturated rings. The molecule has 0 aliphatic carbocycles. The third-order valence-electron chi connectivity index (χ3n) is 3.13. The van der Waals surface area contributed by atoms with Gasteiger partial charge in [-0.25, -0.2) is 0 Å². The number of nitrogens with zero attached hydrogens (tertiary/aromatic N) is 1. The highest BCUT2D eigenvalue weighted by atomic mass is 15.2. The molecule has 0 radical (unpaired) electrons. The van der Waals surface area contributed by atoms with Crippen LogP contribution in [0.15, 0.2) is 0 Å². The second-order valence-electron chi connectivity index (χ2n) is 4.94. The first-order valence-corrected chi connectivity index (χ1v) is 6.57. The highest BCUT2D eigenvalue weighted by Crippen LogP contribution is 2.17. The van der Waals surface area contributed by atoms with Crippen LogP contribution < -0.4 is 5.73 Å². The molecule has 96 valence electrons. The summed E-state index contributed by atoms with van der Waals surface area (Å²) in [6.07, 6.45) is 3.19. The van der Waals surface area contributed by atoms with Crippen LogP contribution in [0.4, 0.5) is 0 Å². The summed E-state index contributed by atoms with van der Waals surface area (Å²) in [4.78, 5) is 2.42. The number of hydrogen-bond donors (Lipinski definition) is 2. The van der Waals surface area contributed by atoms with Crippen LogP contribution in [0, 0.1) is 11.3 Å². The van der Waals surface area contributed by atoms with E-state index >= 15 is 0 Å². The van der Waals surface area contributed by atoms with Crippen molar-refractivity contribution in [1.29, 1.82) is 5.41 Å². The first-order chi connectivity index (χ1) is 7.47. The number of nitrogens with one attached hydrogen (secondary N) is 1. The molecule has 0 rings (SSSR count). The fourth-order valence-corrected chi connectivity index (χ4v) is 2.34. The highest BCUT2D eigenvalue weighted by molar-refractivity contribution is 5.82. The largest absolute Gasteiger partial charge is 0.386 e. The van der Waals surface area contributed by atoms with Crippen molar-refractivity contribution in [1.82, 2.24) is 4.90 Å². The van der Waals surface area contributed by atoms with Crippen LogP contribution in [0.1, 0.15) is 53.9 Å². The summed E-state index contributed by atoms with van der Waals surface area (Å²) in [5, 5.41) is 7.71. The number of hydrogen-bond acceptors (Lipinski definition) is 2. The molecule has 0 amide bonds. The quantitative estimate of drug-likeness (QED) is 0.495. The van der Waals surface area contributed by atoms with E-state index in [0.717, 1.165) is 25.8 Å². The Balaban J connectivity index is 4.80. The number of rotatable bonds is 8. The first-order valence-electron chi connectivity index (χ1n) is 6.57. The van der Waals surface area contributed by atoms with Crippen LogP contribution >= 0.6 is 0 Å². The lowest BCUT2D eigenvalue weighted by Crippen LogP contribution is -2.50. The minimum absolute atomic E-state index is 0.118. The SMILES string of the molecule is CCC(CC)N(CC(C)C)C(CC)C(=N)N. The molecular formula is C13H29N3. The Labute approximate surface area is 101 Å². The molecule has 0 spiro atoms. The Bertz CT molecular complexity index is 197. The zero-order valence-corrected chi connectivity index (χ0v) is 11.6. The third kappa shape index (κ3) is 4.52. The van der Waals surface area contributed by atoms with Crippen molar-refractivity contribution in [2.24, 2.45) is 11.7 Å². The lowest BCUT2D eigenvalue weighted by molar-refractivity contribution is 0.138. The second-order valence-corrected chi connectivity index (χ2v) is 4.94. The Morgan fingerprint density at radius 2 is 1.62 bits per heavy atom. The molecule has 3 N–H and O–H groups in total. The monoisotopic (exact) mass is 227 g/mol. The molecule has 0 saturated carbocycles. The minimum atomic E-state index is 0.118. The lowest BCUT2D eigenvalue weighted by Gasteiger charge is -2.37.